The topological polar surface area (TPSA) is 46.1 Å². The molecule has 1 aromatic rings. The summed E-state index contributed by atoms with van der Waals surface area (Å²) >= 11 is 0. The Labute approximate surface area is 83.0 Å². The molecule has 0 N–H and O–H groups in total. The predicted molar refractivity (Wildman–Crippen MR) is 53.5 cm³/mol. The highest BCUT2D eigenvalue weighted by atomic mass is 16.1. The Morgan fingerprint density at radius 1 is 1.36 bits per heavy atom. The third-order valence-electron chi connectivity index (χ3n) is 2.44. The molecule has 0 spiro atoms. The van der Waals surface area contributed by atoms with Crippen molar-refractivity contribution in [2.45, 2.75) is 19.8 Å². The lowest BCUT2D eigenvalue weighted by Gasteiger charge is -2.15. The number of hydrogen-bond acceptors (Lipinski definition) is 4. The smallest absolute Gasteiger partial charge is 0.178 e. The summed E-state index contributed by atoms with van der Waals surface area (Å²) in [4.78, 5) is 21.4. The number of ketones is 1. The van der Waals surface area contributed by atoms with Gasteiger partial charge in [-0.2, -0.15) is 0 Å². The zero-order valence-corrected chi connectivity index (χ0v) is 8.23. The van der Waals surface area contributed by atoms with E-state index in [9.17, 15) is 4.79 Å². The maximum absolute atomic E-state index is 11.1. The van der Waals surface area contributed by atoms with Crippen molar-refractivity contribution in [3.8, 4) is 0 Å². The van der Waals surface area contributed by atoms with Crippen LogP contribution in [0.5, 0.6) is 0 Å². The van der Waals surface area contributed by atoms with E-state index in [1.807, 2.05) is 0 Å². The summed E-state index contributed by atoms with van der Waals surface area (Å²) in [7, 11) is 0. The summed E-state index contributed by atoms with van der Waals surface area (Å²) in [6.45, 7) is 3.60. The molecule has 2 heterocycles. The fraction of sp³-hybridized carbons (Fsp3) is 0.500. The van der Waals surface area contributed by atoms with Crippen LogP contribution in [0.3, 0.4) is 0 Å². The zero-order valence-electron chi connectivity index (χ0n) is 8.23. The molecule has 1 aliphatic rings. The Morgan fingerprint density at radius 3 is 2.71 bits per heavy atom. The summed E-state index contributed by atoms with van der Waals surface area (Å²) in [5, 5.41) is 0. The van der Waals surface area contributed by atoms with Crippen LogP contribution < -0.4 is 4.90 Å². The Morgan fingerprint density at radius 2 is 2.07 bits per heavy atom. The van der Waals surface area contributed by atoms with Gasteiger partial charge in [-0.15, -0.1) is 0 Å². The van der Waals surface area contributed by atoms with E-state index < -0.39 is 0 Å². The van der Waals surface area contributed by atoms with Gasteiger partial charge in [-0.3, -0.25) is 4.79 Å². The predicted octanol–water partition coefficient (Wildman–Crippen LogP) is 1.28. The minimum Gasteiger partial charge on any atom is -0.357 e. The first kappa shape index (κ1) is 9.12. The Hall–Kier alpha value is -1.45. The number of anilines is 1. The van der Waals surface area contributed by atoms with Crippen molar-refractivity contribution in [2.24, 2.45) is 0 Å². The highest BCUT2D eigenvalue weighted by molar-refractivity contribution is 5.92. The number of Topliss-reactive ketones (excluding diaryl/α,β-unsaturated/α-hetero) is 1. The molecular weight excluding hydrogens is 178 g/mol. The second-order valence-electron chi connectivity index (χ2n) is 3.51. The molecule has 0 atom stereocenters. The van der Waals surface area contributed by atoms with Crippen LogP contribution in [0.15, 0.2) is 12.4 Å². The molecule has 0 aliphatic carbocycles. The maximum atomic E-state index is 11.1. The average molecular weight is 191 g/mol. The molecule has 4 nitrogen and oxygen atoms in total. The molecule has 0 bridgehead atoms. The SMILES string of the molecule is CC(=O)c1cc(N2CCCC2)ncn1. The molecule has 1 aliphatic heterocycles. The van der Waals surface area contributed by atoms with Crippen LogP contribution in [0, 0.1) is 0 Å². The number of carbonyl (C=O) groups is 1. The van der Waals surface area contributed by atoms with E-state index in [2.05, 4.69) is 14.9 Å². The first-order valence-electron chi connectivity index (χ1n) is 4.85. The largest absolute Gasteiger partial charge is 0.357 e. The van der Waals surface area contributed by atoms with Crippen molar-refractivity contribution >= 4 is 11.6 Å². The fourth-order valence-corrected chi connectivity index (χ4v) is 1.66. The molecule has 0 amide bonds. The summed E-state index contributed by atoms with van der Waals surface area (Å²) in [6, 6.07) is 1.77. The molecule has 2 rings (SSSR count). The molecule has 0 saturated carbocycles. The summed E-state index contributed by atoms with van der Waals surface area (Å²) in [5.74, 6) is 0.871. The Kier molecular flexibility index (Phi) is 2.43. The molecule has 1 saturated heterocycles. The van der Waals surface area contributed by atoms with Crippen LogP contribution in [0.1, 0.15) is 30.3 Å². The van der Waals surface area contributed by atoms with E-state index in [1.54, 1.807) is 6.07 Å². The molecule has 0 aromatic carbocycles. The molecule has 14 heavy (non-hydrogen) atoms. The van der Waals surface area contributed by atoms with Crippen molar-refractivity contribution in [2.75, 3.05) is 18.0 Å². The van der Waals surface area contributed by atoms with Gasteiger partial charge in [-0.25, -0.2) is 9.97 Å². The average Bonchev–Trinajstić information content (AvgIpc) is 2.71. The normalized spacial score (nSPS) is 15.9. The highest BCUT2D eigenvalue weighted by Gasteiger charge is 2.14. The third kappa shape index (κ3) is 1.73. The van der Waals surface area contributed by atoms with E-state index >= 15 is 0 Å². The van der Waals surface area contributed by atoms with Gasteiger partial charge in [-0.05, 0) is 12.8 Å². The molecule has 74 valence electrons. The zero-order chi connectivity index (χ0) is 9.97. The van der Waals surface area contributed by atoms with E-state index in [0.29, 0.717) is 5.69 Å². The van der Waals surface area contributed by atoms with E-state index in [-0.39, 0.29) is 5.78 Å². The number of rotatable bonds is 2. The van der Waals surface area contributed by atoms with Crippen LogP contribution in [0.4, 0.5) is 5.82 Å². The van der Waals surface area contributed by atoms with Crippen molar-refractivity contribution in [3.63, 3.8) is 0 Å². The second-order valence-corrected chi connectivity index (χ2v) is 3.51. The quantitative estimate of drug-likeness (QED) is 0.660. The van der Waals surface area contributed by atoms with Gasteiger partial charge in [-0.1, -0.05) is 0 Å². The highest BCUT2D eigenvalue weighted by Crippen LogP contribution is 2.17. The van der Waals surface area contributed by atoms with Crippen LogP contribution >= 0.6 is 0 Å². The Bertz CT molecular complexity index is 345. The monoisotopic (exact) mass is 191 g/mol. The minimum absolute atomic E-state index is 0.00662. The third-order valence-corrected chi connectivity index (χ3v) is 2.44. The van der Waals surface area contributed by atoms with E-state index in [1.165, 1.54) is 26.1 Å². The Balaban J connectivity index is 2.25. The fourth-order valence-electron chi connectivity index (χ4n) is 1.66. The van der Waals surface area contributed by atoms with Gasteiger partial charge < -0.3 is 4.90 Å². The standard InChI is InChI=1S/C10H13N3O/c1-8(14)9-6-10(12-7-11-9)13-4-2-3-5-13/h6-7H,2-5H2,1H3. The van der Waals surface area contributed by atoms with Gasteiger partial charge in [0.25, 0.3) is 0 Å². The van der Waals surface area contributed by atoms with E-state index in [0.717, 1.165) is 18.9 Å². The van der Waals surface area contributed by atoms with Gasteiger partial charge in [0.05, 0.1) is 0 Å². The maximum Gasteiger partial charge on any atom is 0.178 e. The lowest BCUT2D eigenvalue weighted by atomic mass is 10.3. The van der Waals surface area contributed by atoms with E-state index in [4.69, 9.17) is 0 Å². The molecule has 0 radical (unpaired) electrons. The van der Waals surface area contributed by atoms with Gasteiger partial charge in [0.1, 0.15) is 17.8 Å². The van der Waals surface area contributed by atoms with Crippen LogP contribution in [-0.2, 0) is 0 Å². The molecule has 1 aromatic heterocycles. The molecule has 0 unspecified atom stereocenters. The molecule has 4 heteroatoms. The van der Waals surface area contributed by atoms with Crippen LogP contribution in [0.2, 0.25) is 0 Å². The summed E-state index contributed by atoms with van der Waals surface area (Å²) < 4.78 is 0. The number of hydrogen-bond donors (Lipinski definition) is 0. The van der Waals surface area contributed by atoms with Gasteiger partial charge >= 0.3 is 0 Å². The molecule has 1 fully saturated rings. The van der Waals surface area contributed by atoms with Gasteiger partial charge in [0.15, 0.2) is 5.78 Å². The van der Waals surface area contributed by atoms with Crippen molar-refractivity contribution < 1.29 is 4.79 Å². The number of aromatic nitrogens is 2. The summed E-state index contributed by atoms with van der Waals surface area (Å²) in [5.41, 5.74) is 0.502. The summed E-state index contributed by atoms with van der Waals surface area (Å²) in [6.07, 6.45) is 3.88. The number of carbonyl (C=O) groups excluding carboxylic acids is 1. The van der Waals surface area contributed by atoms with Gasteiger partial charge in [0.2, 0.25) is 0 Å². The van der Waals surface area contributed by atoms with Gasteiger partial charge in [0, 0.05) is 26.1 Å². The van der Waals surface area contributed by atoms with Crippen LogP contribution in [-0.4, -0.2) is 28.8 Å². The van der Waals surface area contributed by atoms with Crippen molar-refractivity contribution in [1.82, 2.24) is 9.97 Å². The molecular formula is C10H13N3O. The number of nitrogens with zero attached hydrogens (tertiary/aromatic N) is 3. The van der Waals surface area contributed by atoms with Crippen molar-refractivity contribution in [1.29, 1.82) is 0 Å². The first-order chi connectivity index (χ1) is 6.77. The lowest BCUT2D eigenvalue weighted by Crippen LogP contribution is -2.19. The van der Waals surface area contributed by atoms with Crippen LogP contribution in [0.25, 0.3) is 0 Å². The second kappa shape index (κ2) is 3.74. The first-order valence-corrected chi connectivity index (χ1v) is 4.85. The lowest BCUT2D eigenvalue weighted by molar-refractivity contribution is 0.101. The minimum atomic E-state index is -0.00662. The van der Waals surface area contributed by atoms with Crippen molar-refractivity contribution in [3.05, 3.63) is 18.1 Å².